The number of amides is 1. The van der Waals surface area contributed by atoms with E-state index in [1.807, 2.05) is 0 Å². The molecule has 0 saturated heterocycles. The van der Waals surface area contributed by atoms with E-state index in [-0.39, 0.29) is 11.3 Å². The molecule has 1 heterocycles. The fraction of sp³-hybridized carbons (Fsp3) is 0.0833. The summed E-state index contributed by atoms with van der Waals surface area (Å²) >= 11 is 5.87. The summed E-state index contributed by atoms with van der Waals surface area (Å²) in [7, 11) is 1.42. The molecule has 0 aliphatic rings. The van der Waals surface area contributed by atoms with Crippen LogP contribution < -0.4 is 5.32 Å². The Morgan fingerprint density at radius 3 is 2.74 bits per heavy atom. The number of aromatic carboxylic acids is 1. The fourth-order valence-corrected chi connectivity index (χ4v) is 1.83. The third-order valence-corrected chi connectivity index (χ3v) is 2.73. The summed E-state index contributed by atoms with van der Waals surface area (Å²) in [6.45, 7) is 0. The first kappa shape index (κ1) is 13.1. The number of carbonyl (C=O) groups excluding carboxylic acids is 1. The molecule has 0 fully saturated rings. The zero-order valence-corrected chi connectivity index (χ0v) is 10.7. The molecule has 98 valence electrons. The van der Waals surface area contributed by atoms with Gasteiger partial charge in [0.25, 0.3) is 5.91 Å². The summed E-state index contributed by atoms with van der Waals surface area (Å²) in [4.78, 5) is 22.9. The Bertz CT molecular complexity index is 651. The Morgan fingerprint density at radius 1 is 1.42 bits per heavy atom. The Morgan fingerprint density at radius 2 is 2.16 bits per heavy atom. The van der Waals surface area contributed by atoms with Gasteiger partial charge >= 0.3 is 5.97 Å². The first-order valence-electron chi connectivity index (χ1n) is 5.34. The van der Waals surface area contributed by atoms with Crippen molar-refractivity contribution >= 4 is 23.5 Å². The van der Waals surface area contributed by atoms with Crippen LogP contribution in [0.4, 0.5) is 0 Å². The Balaban J connectivity index is 2.64. The molecule has 2 aromatic rings. The molecule has 7 heteroatoms. The lowest BCUT2D eigenvalue weighted by Crippen LogP contribution is -2.24. The molecule has 0 aliphatic heterocycles. The van der Waals surface area contributed by atoms with Gasteiger partial charge in [-0.25, -0.2) is 9.48 Å². The minimum Gasteiger partial charge on any atom is -0.478 e. The third-order valence-electron chi connectivity index (χ3n) is 2.49. The van der Waals surface area contributed by atoms with Gasteiger partial charge in [-0.15, -0.1) is 0 Å². The second-order valence-corrected chi connectivity index (χ2v) is 4.12. The maximum Gasteiger partial charge on any atom is 0.339 e. The van der Waals surface area contributed by atoms with Gasteiger partial charge in [0.05, 0.1) is 11.9 Å². The second-order valence-electron chi connectivity index (χ2n) is 3.68. The molecule has 0 atom stereocenters. The van der Waals surface area contributed by atoms with Crippen LogP contribution in [-0.4, -0.2) is 33.8 Å². The van der Waals surface area contributed by atoms with Crippen LogP contribution in [0.25, 0.3) is 5.69 Å². The van der Waals surface area contributed by atoms with Crippen molar-refractivity contribution in [3.63, 3.8) is 0 Å². The minimum absolute atomic E-state index is 0.0442. The molecular formula is C12H10ClN3O3. The molecule has 1 aromatic carbocycles. The number of hydrogen-bond acceptors (Lipinski definition) is 3. The van der Waals surface area contributed by atoms with Crippen LogP contribution in [0.3, 0.4) is 0 Å². The molecule has 6 nitrogen and oxygen atoms in total. The molecule has 0 aliphatic carbocycles. The quantitative estimate of drug-likeness (QED) is 0.893. The van der Waals surface area contributed by atoms with E-state index in [0.29, 0.717) is 10.7 Å². The van der Waals surface area contributed by atoms with Crippen molar-refractivity contribution in [1.29, 1.82) is 0 Å². The average Bonchev–Trinajstić information content (AvgIpc) is 2.82. The first-order valence-corrected chi connectivity index (χ1v) is 5.71. The highest BCUT2D eigenvalue weighted by Crippen LogP contribution is 2.18. The second kappa shape index (κ2) is 5.11. The highest BCUT2D eigenvalue weighted by molar-refractivity contribution is 6.30. The van der Waals surface area contributed by atoms with Crippen molar-refractivity contribution in [2.75, 3.05) is 7.05 Å². The largest absolute Gasteiger partial charge is 0.478 e. The predicted molar refractivity (Wildman–Crippen MR) is 68.9 cm³/mol. The van der Waals surface area contributed by atoms with Crippen LogP contribution in [0.5, 0.6) is 0 Å². The summed E-state index contributed by atoms with van der Waals surface area (Å²) < 4.78 is 1.24. The van der Waals surface area contributed by atoms with E-state index in [9.17, 15) is 9.59 Å². The lowest BCUT2D eigenvalue weighted by atomic mass is 10.2. The van der Waals surface area contributed by atoms with E-state index in [0.717, 1.165) is 6.20 Å². The normalized spacial score (nSPS) is 10.2. The smallest absolute Gasteiger partial charge is 0.339 e. The molecule has 1 amide bonds. The average molecular weight is 280 g/mol. The highest BCUT2D eigenvalue weighted by Gasteiger charge is 2.23. The summed E-state index contributed by atoms with van der Waals surface area (Å²) in [5.74, 6) is -1.75. The molecule has 0 radical (unpaired) electrons. The van der Waals surface area contributed by atoms with E-state index in [1.165, 1.54) is 11.7 Å². The number of benzene rings is 1. The standard InChI is InChI=1S/C12H10ClN3O3/c1-14-11(17)10-9(12(18)19)6-15-16(10)8-4-2-3-7(13)5-8/h2-6H,1H3,(H,14,17)(H,18,19). The number of rotatable bonds is 3. The molecule has 0 saturated carbocycles. The van der Waals surface area contributed by atoms with Gasteiger partial charge in [-0.2, -0.15) is 5.10 Å². The van der Waals surface area contributed by atoms with Gasteiger partial charge in [-0.1, -0.05) is 17.7 Å². The van der Waals surface area contributed by atoms with Gasteiger partial charge in [-0.3, -0.25) is 4.79 Å². The molecule has 0 spiro atoms. The number of hydrogen-bond donors (Lipinski definition) is 2. The van der Waals surface area contributed by atoms with E-state index >= 15 is 0 Å². The van der Waals surface area contributed by atoms with Gasteiger partial charge in [-0.05, 0) is 18.2 Å². The van der Waals surface area contributed by atoms with Crippen LogP contribution in [0.15, 0.2) is 30.5 Å². The van der Waals surface area contributed by atoms with Crippen molar-refractivity contribution in [3.05, 3.63) is 46.7 Å². The van der Waals surface area contributed by atoms with Gasteiger partial charge in [0, 0.05) is 12.1 Å². The van der Waals surface area contributed by atoms with Gasteiger partial charge in [0.2, 0.25) is 0 Å². The zero-order chi connectivity index (χ0) is 14.0. The maximum atomic E-state index is 11.8. The third kappa shape index (κ3) is 2.43. The highest BCUT2D eigenvalue weighted by atomic mass is 35.5. The lowest BCUT2D eigenvalue weighted by Gasteiger charge is -2.07. The first-order chi connectivity index (χ1) is 9.04. The number of aromatic nitrogens is 2. The van der Waals surface area contributed by atoms with Crippen molar-refractivity contribution in [3.8, 4) is 5.69 Å². The van der Waals surface area contributed by atoms with Crippen LogP contribution in [0.1, 0.15) is 20.8 Å². The van der Waals surface area contributed by atoms with Crippen molar-refractivity contribution in [1.82, 2.24) is 15.1 Å². The number of carboxylic acids is 1. The molecule has 2 N–H and O–H groups in total. The minimum atomic E-state index is -1.22. The Kier molecular flexibility index (Phi) is 3.52. The van der Waals surface area contributed by atoms with Crippen LogP contribution in [0, 0.1) is 0 Å². The summed E-state index contributed by atoms with van der Waals surface area (Å²) in [6.07, 6.45) is 1.13. The van der Waals surface area contributed by atoms with Crippen molar-refractivity contribution < 1.29 is 14.7 Å². The fourth-order valence-electron chi connectivity index (χ4n) is 1.65. The molecule has 0 unspecified atom stereocenters. The van der Waals surface area contributed by atoms with E-state index in [2.05, 4.69) is 10.4 Å². The van der Waals surface area contributed by atoms with Gasteiger partial charge in [0.1, 0.15) is 11.3 Å². The van der Waals surface area contributed by atoms with Crippen molar-refractivity contribution in [2.45, 2.75) is 0 Å². The van der Waals surface area contributed by atoms with E-state index in [4.69, 9.17) is 16.7 Å². The maximum absolute atomic E-state index is 11.8. The van der Waals surface area contributed by atoms with E-state index in [1.54, 1.807) is 24.3 Å². The summed E-state index contributed by atoms with van der Waals surface area (Å²) in [5, 5.41) is 15.9. The zero-order valence-electron chi connectivity index (χ0n) is 9.92. The number of halogens is 1. The number of carboxylic acid groups (broad SMARTS) is 1. The molecule has 0 bridgehead atoms. The Labute approximate surface area is 113 Å². The number of carbonyl (C=O) groups is 2. The topological polar surface area (TPSA) is 84.2 Å². The Hall–Kier alpha value is -2.34. The van der Waals surface area contributed by atoms with Crippen LogP contribution >= 0.6 is 11.6 Å². The van der Waals surface area contributed by atoms with Crippen LogP contribution in [0.2, 0.25) is 5.02 Å². The molecule has 2 rings (SSSR count). The van der Waals surface area contributed by atoms with E-state index < -0.39 is 11.9 Å². The van der Waals surface area contributed by atoms with Crippen LogP contribution in [-0.2, 0) is 0 Å². The summed E-state index contributed by atoms with van der Waals surface area (Å²) in [6, 6.07) is 6.63. The predicted octanol–water partition coefficient (Wildman–Crippen LogP) is 1.58. The van der Waals surface area contributed by atoms with Gasteiger partial charge < -0.3 is 10.4 Å². The van der Waals surface area contributed by atoms with Crippen molar-refractivity contribution in [2.24, 2.45) is 0 Å². The molecular weight excluding hydrogens is 270 g/mol. The number of nitrogens with zero attached hydrogens (tertiary/aromatic N) is 2. The summed E-state index contributed by atoms with van der Waals surface area (Å²) in [5.41, 5.74) is 0.301. The molecule has 19 heavy (non-hydrogen) atoms. The number of nitrogens with one attached hydrogen (secondary N) is 1. The molecule has 1 aromatic heterocycles. The van der Waals surface area contributed by atoms with Gasteiger partial charge in [0.15, 0.2) is 0 Å². The lowest BCUT2D eigenvalue weighted by molar-refractivity contribution is 0.0691. The monoisotopic (exact) mass is 279 g/mol. The SMILES string of the molecule is CNC(=O)c1c(C(=O)O)cnn1-c1cccc(Cl)c1.